The van der Waals surface area contributed by atoms with Gasteiger partial charge in [-0.25, -0.2) is 0 Å². The lowest BCUT2D eigenvalue weighted by Gasteiger charge is -2.12. The van der Waals surface area contributed by atoms with Gasteiger partial charge in [0, 0.05) is 5.69 Å². The Hall–Kier alpha value is -3.18. The number of nitrogens with one attached hydrogen (secondary N) is 2. The largest absolute Gasteiger partial charge is 0.332 e. The van der Waals surface area contributed by atoms with Crippen molar-refractivity contribution in [2.24, 2.45) is 0 Å². The van der Waals surface area contributed by atoms with Gasteiger partial charge >= 0.3 is 0 Å². The Labute approximate surface area is 170 Å². The van der Waals surface area contributed by atoms with E-state index in [0.29, 0.717) is 11.7 Å². The first-order valence-electron chi connectivity index (χ1n) is 9.25. The van der Waals surface area contributed by atoms with E-state index in [4.69, 9.17) is 17.3 Å². The molecule has 0 aliphatic rings. The zero-order valence-electron chi connectivity index (χ0n) is 15.9. The molecule has 0 radical (unpaired) electrons. The van der Waals surface area contributed by atoms with E-state index in [1.165, 1.54) is 16.3 Å². The molecule has 0 spiro atoms. The van der Waals surface area contributed by atoms with E-state index in [1.807, 2.05) is 41.9 Å². The molecule has 4 nitrogen and oxygen atoms in total. The van der Waals surface area contributed by atoms with Crippen molar-refractivity contribution >= 4 is 39.5 Å². The molecule has 0 bridgehead atoms. The van der Waals surface area contributed by atoms with Crippen molar-refractivity contribution in [2.45, 2.75) is 20.4 Å². The van der Waals surface area contributed by atoms with Crippen LogP contribution in [0.4, 0.5) is 11.4 Å². The Morgan fingerprint density at radius 1 is 0.893 bits per heavy atom. The van der Waals surface area contributed by atoms with Gasteiger partial charge in [0.2, 0.25) is 0 Å². The number of fused-ring (bicyclic) bond motifs is 1. The van der Waals surface area contributed by atoms with Crippen LogP contribution in [0.3, 0.4) is 0 Å². The molecule has 4 rings (SSSR count). The van der Waals surface area contributed by atoms with Crippen molar-refractivity contribution in [3.05, 3.63) is 89.7 Å². The van der Waals surface area contributed by atoms with Crippen molar-refractivity contribution in [3.63, 3.8) is 0 Å². The monoisotopic (exact) mass is 386 g/mol. The molecular formula is C23H22N4S. The summed E-state index contributed by atoms with van der Waals surface area (Å²) in [6.45, 7) is 4.78. The van der Waals surface area contributed by atoms with Crippen LogP contribution in [0, 0.1) is 13.8 Å². The van der Waals surface area contributed by atoms with Gasteiger partial charge in [0.15, 0.2) is 5.11 Å². The molecular weight excluding hydrogens is 364 g/mol. The third-order valence-corrected chi connectivity index (χ3v) is 5.06. The van der Waals surface area contributed by atoms with E-state index < -0.39 is 0 Å². The number of benzene rings is 3. The average Bonchev–Trinajstić information content (AvgIpc) is 2.96. The fourth-order valence-electron chi connectivity index (χ4n) is 3.42. The van der Waals surface area contributed by atoms with Crippen LogP contribution in [0.5, 0.6) is 0 Å². The van der Waals surface area contributed by atoms with Crippen LogP contribution in [0.25, 0.3) is 10.8 Å². The van der Waals surface area contributed by atoms with Crippen LogP contribution < -0.4 is 10.6 Å². The summed E-state index contributed by atoms with van der Waals surface area (Å²) in [5.74, 6) is 0. The van der Waals surface area contributed by atoms with Crippen LogP contribution in [-0.2, 0) is 6.54 Å². The minimum Gasteiger partial charge on any atom is -0.332 e. The van der Waals surface area contributed by atoms with Crippen molar-refractivity contribution in [3.8, 4) is 0 Å². The zero-order chi connectivity index (χ0) is 19.5. The van der Waals surface area contributed by atoms with Crippen LogP contribution in [-0.4, -0.2) is 14.9 Å². The van der Waals surface area contributed by atoms with Crippen molar-refractivity contribution in [2.75, 3.05) is 10.6 Å². The second-order valence-corrected chi connectivity index (χ2v) is 7.20. The molecule has 28 heavy (non-hydrogen) atoms. The predicted molar refractivity (Wildman–Crippen MR) is 121 cm³/mol. The Balaban J connectivity index is 1.56. The summed E-state index contributed by atoms with van der Waals surface area (Å²) >= 11 is 5.48. The number of thiocarbonyl (C=S) groups is 1. The highest BCUT2D eigenvalue weighted by atomic mass is 32.1. The van der Waals surface area contributed by atoms with Gasteiger partial charge in [-0.1, -0.05) is 60.7 Å². The SMILES string of the molecule is Cc1nn(Cc2cccc3ccccc23)c(C)c1NC(=S)Nc1ccccc1. The third-order valence-electron chi connectivity index (χ3n) is 4.85. The molecule has 1 heterocycles. The Bertz CT molecular complexity index is 1130. The first kappa shape index (κ1) is 18.2. The highest BCUT2D eigenvalue weighted by Crippen LogP contribution is 2.24. The molecule has 4 aromatic rings. The van der Waals surface area contributed by atoms with Crippen LogP contribution in [0.2, 0.25) is 0 Å². The van der Waals surface area contributed by atoms with E-state index in [1.54, 1.807) is 0 Å². The number of nitrogens with zero attached hydrogens (tertiary/aromatic N) is 2. The van der Waals surface area contributed by atoms with Crippen LogP contribution in [0.15, 0.2) is 72.8 Å². The van der Waals surface area contributed by atoms with Crippen molar-refractivity contribution < 1.29 is 0 Å². The van der Waals surface area contributed by atoms with Crippen molar-refractivity contribution in [1.29, 1.82) is 0 Å². The van der Waals surface area contributed by atoms with Gasteiger partial charge in [-0.05, 0) is 54.5 Å². The molecule has 1 aromatic heterocycles. The summed E-state index contributed by atoms with van der Waals surface area (Å²) in [4.78, 5) is 0. The molecule has 5 heteroatoms. The normalized spacial score (nSPS) is 10.8. The molecule has 0 aliphatic carbocycles. The highest BCUT2D eigenvalue weighted by molar-refractivity contribution is 7.80. The molecule has 0 aliphatic heterocycles. The first-order chi connectivity index (χ1) is 13.6. The minimum atomic E-state index is 0.558. The quantitative estimate of drug-likeness (QED) is 0.454. The maximum absolute atomic E-state index is 5.48. The summed E-state index contributed by atoms with van der Waals surface area (Å²) < 4.78 is 2.03. The van der Waals surface area contributed by atoms with Crippen LogP contribution in [0.1, 0.15) is 17.0 Å². The van der Waals surface area contributed by atoms with Gasteiger partial charge in [-0.3, -0.25) is 4.68 Å². The first-order valence-corrected chi connectivity index (χ1v) is 9.66. The van der Waals surface area contributed by atoms with Gasteiger partial charge in [0.1, 0.15) is 0 Å². The Morgan fingerprint density at radius 3 is 2.43 bits per heavy atom. The summed E-state index contributed by atoms with van der Waals surface area (Å²) in [5, 5.41) is 14.3. The number of hydrogen-bond acceptors (Lipinski definition) is 2. The zero-order valence-corrected chi connectivity index (χ0v) is 16.8. The minimum absolute atomic E-state index is 0.558. The number of anilines is 2. The van der Waals surface area contributed by atoms with Gasteiger partial charge in [0.05, 0.1) is 23.6 Å². The maximum atomic E-state index is 5.48. The third kappa shape index (κ3) is 3.75. The summed E-state index contributed by atoms with van der Waals surface area (Å²) in [7, 11) is 0. The average molecular weight is 387 g/mol. The number of para-hydroxylation sites is 1. The number of aryl methyl sites for hydroxylation is 1. The van der Waals surface area contributed by atoms with Gasteiger partial charge in [-0.2, -0.15) is 5.10 Å². The number of rotatable bonds is 4. The Morgan fingerprint density at radius 2 is 1.61 bits per heavy atom. The van der Waals surface area contributed by atoms with E-state index in [-0.39, 0.29) is 0 Å². The topological polar surface area (TPSA) is 41.9 Å². The molecule has 0 saturated carbocycles. The highest BCUT2D eigenvalue weighted by Gasteiger charge is 2.14. The molecule has 0 amide bonds. The molecule has 0 atom stereocenters. The number of hydrogen-bond donors (Lipinski definition) is 2. The lowest BCUT2D eigenvalue weighted by molar-refractivity contribution is 0.662. The Kier molecular flexibility index (Phi) is 5.08. The second kappa shape index (κ2) is 7.82. The lowest BCUT2D eigenvalue weighted by Crippen LogP contribution is -2.19. The summed E-state index contributed by atoms with van der Waals surface area (Å²) in [6, 6.07) is 24.7. The standard InChI is InChI=1S/C23H22N4S/c1-16-22(25-23(28)24-20-12-4-3-5-13-20)17(2)27(26-16)15-19-11-8-10-18-9-6-7-14-21(18)19/h3-14H,15H2,1-2H3,(H2,24,25,28). The van der Waals surface area contributed by atoms with E-state index in [9.17, 15) is 0 Å². The summed E-state index contributed by atoms with van der Waals surface area (Å²) in [6.07, 6.45) is 0. The lowest BCUT2D eigenvalue weighted by atomic mass is 10.0. The van der Waals surface area contributed by atoms with Crippen molar-refractivity contribution in [1.82, 2.24) is 9.78 Å². The molecule has 140 valence electrons. The molecule has 0 fully saturated rings. The van der Waals surface area contributed by atoms with E-state index in [0.717, 1.165) is 22.8 Å². The fraction of sp³-hybridized carbons (Fsp3) is 0.130. The number of aromatic nitrogens is 2. The second-order valence-electron chi connectivity index (χ2n) is 6.79. The molecule has 3 aromatic carbocycles. The van der Waals surface area contributed by atoms with Crippen LogP contribution >= 0.6 is 12.2 Å². The predicted octanol–water partition coefficient (Wildman–Crippen LogP) is 5.51. The smallest absolute Gasteiger partial charge is 0.175 e. The van der Waals surface area contributed by atoms with E-state index in [2.05, 4.69) is 60.0 Å². The fourth-order valence-corrected chi connectivity index (χ4v) is 3.64. The molecule has 2 N–H and O–H groups in total. The maximum Gasteiger partial charge on any atom is 0.175 e. The van der Waals surface area contributed by atoms with E-state index >= 15 is 0 Å². The molecule has 0 unspecified atom stereocenters. The summed E-state index contributed by atoms with van der Waals surface area (Å²) in [5.41, 5.74) is 5.14. The van der Waals surface area contributed by atoms with Gasteiger partial charge in [0.25, 0.3) is 0 Å². The molecule has 0 saturated heterocycles. The van der Waals surface area contributed by atoms with Gasteiger partial charge < -0.3 is 10.6 Å². The van der Waals surface area contributed by atoms with Gasteiger partial charge in [-0.15, -0.1) is 0 Å².